The zero-order valence-corrected chi connectivity index (χ0v) is 20.5. The van der Waals surface area contributed by atoms with Crippen molar-refractivity contribution < 1.29 is 22.9 Å². The topological polar surface area (TPSA) is 107 Å². The number of aromatic nitrogens is 3. The third kappa shape index (κ3) is 6.65. The minimum atomic E-state index is -1.58. The SMILES string of the molecule is C[S+]([O-])NC(=O)COCC1(F)CCN(c2cncc(N(c3ccccc3)c3ccc(F)cn3)n2)CC1. The highest BCUT2D eigenvalue weighted by Crippen LogP contribution is 2.33. The van der Waals surface area contributed by atoms with E-state index in [2.05, 4.69) is 14.7 Å². The van der Waals surface area contributed by atoms with Crippen molar-refractivity contribution in [3.63, 3.8) is 0 Å². The van der Waals surface area contributed by atoms with Crippen molar-refractivity contribution in [2.45, 2.75) is 18.5 Å². The van der Waals surface area contributed by atoms with Crippen molar-refractivity contribution in [1.82, 2.24) is 19.7 Å². The lowest BCUT2D eigenvalue weighted by Crippen LogP contribution is -2.45. The number of halogens is 2. The Hall–Kier alpha value is -3.35. The van der Waals surface area contributed by atoms with Crippen LogP contribution in [0.1, 0.15) is 12.8 Å². The van der Waals surface area contributed by atoms with Gasteiger partial charge in [0, 0.05) is 31.6 Å². The minimum Gasteiger partial charge on any atom is -0.593 e. The maximum Gasteiger partial charge on any atom is 0.287 e. The smallest absolute Gasteiger partial charge is 0.287 e. The highest BCUT2D eigenvalue weighted by Gasteiger charge is 2.36. The number of nitrogens with one attached hydrogen (secondary N) is 1. The Labute approximate surface area is 210 Å². The van der Waals surface area contributed by atoms with E-state index in [1.807, 2.05) is 35.2 Å². The highest BCUT2D eigenvalue weighted by molar-refractivity contribution is 7.89. The molecule has 1 saturated heterocycles. The molecule has 1 aliphatic rings. The quantitative estimate of drug-likeness (QED) is 0.432. The number of alkyl halides is 1. The second-order valence-corrected chi connectivity index (χ2v) is 9.46. The van der Waals surface area contributed by atoms with Crippen molar-refractivity contribution in [2.75, 3.05) is 42.4 Å². The number of amides is 1. The van der Waals surface area contributed by atoms with Crippen molar-refractivity contribution in [3.05, 3.63) is 66.9 Å². The van der Waals surface area contributed by atoms with E-state index in [1.165, 1.54) is 12.3 Å². The third-order valence-corrected chi connectivity index (χ3v) is 6.14. The standard InChI is InChI=1S/C24H26F2N6O3S/c1-36(34)30-23(33)16-35-17-24(26)9-11-31(12-10-24)21-14-27-15-22(29-21)32(19-5-3-2-4-6-19)20-8-7-18(25)13-28-20/h2-8,13-15H,9-12,16-17H2,1H3,(H,30,33). The predicted octanol–water partition coefficient (Wildman–Crippen LogP) is 3.22. The molecule has 1 atom stereocenters. The van der Waals surface area contributed by atoms with Crippen LogP contribution in [0.5, 0.6) is 0 Å². The van der Waals surface area contributed by atoms with E-state index in [4.69, 9.17) is 9.72 Å². The summed E-state index contributed by atoms with van der Waals surface area (Å²) < 4.78 is 47.2. The van der Waals surface area contributed by atoms with Gasteiger partial charge >= 0.3 is 0 Å². The number of carbonyl (C=O) groups excluding carboxylic acids is 1. The average Bonchev–Trinajstić information content (AvgIpc) is 2.86. The molecule has 0 radical (unpaired) electrons. The van der Waals surface area contributed by atoms with Gasteiger partial charge in [0.2, 0.25) is 0 Å². The molecule has 9 nitrogen and oxygen atoms in total. The van der Waals surface area contributed by atoms with Gasteiger partial charge in [-0.3, -0.25) is 14.7 Å². The van der Waals surface area contributed by atoms with Gasteiger partial charge in [-0.15, -0.1) is 0 Å². The van der Waals surface area contributed by atoms with Crippen molar-refractivity contribution in [3.8, 4) is 0 Å². The molecular weight excluding hydrogens is 490 g/mol. The second-order valence-electron chi connectivity index (χ2n) is 8.35. The Bertz CT molecular complexity index is 1150. The maximum absolute atomic E-state index is 15.2. The number of hydrogen-bond donors (Lipinski definition) is 1. The minimum absolute atomic E-state index is 0.183. The summed E-state index contributed by atoms with van der Waals surface area (Å²) in [4.78, 5) is 28.5. The average molecular weight is 517 g/mol. The summed E-state index contributed by atoms with van der Waals surface area (Å²) >= 11 is -1.49. The molecule has 0 aliphatic carbocycles. The highest BCUT2D eigenvalue weighted by atomic mass is 32.2. The van der Waals surface area contributed by atoms with Gasteiger partial charge in [0.1, 0.15) is 36.0 Å². The van der Waals surface area contributed by atoms with Crippen LogP contribution in [-0.2, 0) is 20.9 Å². The molecule has 3 heterocycles. The number of rotatable bonds is 9. The fourth-order valence-electron chi connectivity index (χ4n) is 3.86. The summed E-state index contributed by atoms with van der Waals surface area (Å²) in [6.07, 6.45) is 6.04. The Morgan fingerprint density at radius 2 is 1.92 bits per heavy atom. The maximum atomic E-state index is 15.2. The van der Waals surface area contributed by atoms with Gasteiger partial charge in [-0.2, -0.15) is 4.72 Å². The van der Waals surface area contributed by atoms with Gasteiger partial charge in [-0.05, 0) is 24.3 Å². The van der Waals surface area contributed by atoms with Crippen LogP contribution in [0.2, 0.25) is 0 Å². The number of hydrogen-bond acceptors (Lipinski definition) is 8. The number of pyridine rings is 1. The molecular formula is C24H26F2N6O3S. The van der Waals surface area contributed by atoms with Crippen molar-refractivity contribution >= 4 is 40.4 Å². The molecule has 36 heavy (non-hydrogen) atoms. The molecule has 0 saturated carbocycles. The summed E-state index contributed by atoms with van der Waals surface area (Å²) in [6.45, 7) is 0.177. The molecule has 0 bridgehead atoms. The van der Waals surface area contributed by atoms with Crippen LogP contribution < -0.4 is 14.5 Å². The molecule has 1 fully saturated rings. The monoisotopic (exact) mass is 516 g/mol. The van der Waals surface area contributed by atoms with Gasteiger partial charge < -0.3 is 14.2 Å². The van der Waals surface area contributed by atoms with Gasteiger partial charge in [-0.25, -0.2) is 18.7 Å². The lowest BCUT2D eigenvalue weighted by Gasteiger charge is -2.36. The van der Waals surface area contributed by atoms with E-state index in [0.717, 1.165) is 11.9 Å². The first-order valence-electron chi connectivity index (χ1n) is 11.3. The second kappa shape index (κ2) is 11.6. The Balaban J connectivity index is 1.45. The number of piperidine rings is 1. The number of nitrogens with zero attached hydrogens (tertiary/aromatic N) is 5. The molecule has 12 heteroatoms. The number of benzene rings is 1. The summed E-state index contributed by atoms with van der Waals surface area (Å²) in [5.41, 5.74) is -0.807. The third-order valence-electron chi connectivity index (χ3n) is 5.63. The van der Waals surface area contributed by atoms with E-state index in [-0.39, 0.29) is 26.1 Å². The van der Waals surface area contributed by atoms with Crippen LogP contribution in [0.15, 0.2) is 61.1 Å². The molecule has 1 unspecified atom stereocenters. The van der Waals surface area contributed by atoms with E-state index < -0.39 is 28.8 Å². The molecule has 0 spiro atoms. The largest absolute Gasteiger partial charge is 0.593 e. The van der Waals surface area contributed by atoms with E-state index >= 15 is 4.39 Å². The first-order valence-corrected chi connectivity index (χ1v) is 12.8. The number of carbonyl (C=O) groups is 1. The first kappa shape index (κ1) is 25.7. The van der Waals surface area contributed by atoms with Gasteiger partial charge in [0.05, 0.1) is 36.6 Å². The fourth-order valence-corrected chi connectivity index (χ4v) is 4.24. The zero-order valence-electron chi connectivity index (χ0n) is 19.6. The van der Waals surface area contributed by atoms with Crippen LogP contribution in [0.3, 0.4) is 0 Å². The van der Waals surface area contributed by atoms with Gasteiger partial charge in [-0.1, -0.05) is 18.2 Å². The molecule has 2 aromatic heterocycles. The lowest BCUT2D eigenvalue weighted by atomic mass is 9.94. The first-order chi connectivity index (χ1) is 17.3. The number of para-hydroxylation sites is 1. The van der Waals surface area contributed by atoms with Crippen molar-refractivity contribution in [2.24, 2.45) is 0 Å². The molecule has 4 rings (SSSR count). The van der Waals surface area contributed by atoms with Crippen molar-refractivity contribution in [1.29, 1.82) is 0 Å². The normalized spacial score (nSPS) is 15.8. The summed E-state index contributed by atoms with van der Waals surface area (Å²) in [7, 11) is 0. The molecule has 1 amide bonds. The molecule has 1 aromatic carbocycles. The Kier molecular flexibility index (Phi) is 8.28. The predicted molar refractivity (Wildman–Crippen MR) is 133 cm³/mol. The van der Waals surface area contributed by atoms with Crippen LogP contribution in [-0.4, -0.2) is 63.6 Å². The van der Waals surface area contributed by atoms with E-state index in [9.17, 15) is 13.7 Å². The Morgan fingerprint density at radius 1 is 1.17 bits per heavy atom. The molecule has 1 N–H and O–H groups in total. The molecule has 3 aromatic rings. The zero-order chi connectivity index (χ0) is 25.5. The van der Waals surface area contributed by atoms with Gasteiger partial charge in [0.25, 0.3) is 5.91 Å². The van der Waals surface area contributed by atoms with Crippen LogP contribution in [0, 0.1) is 5.82 Å². The van der Waals surface area contributed by atoms with E-state index in [0.29, 0.717) is 30.5 Å². The van der Waals surface area contributed by atoms with Crippen LogP contribution >= 0.6 is 0 Å². The Morgan fingerprint density at radius 3 is 2.58 bits per heavy atom. The fraction of sp³-hybridized carbons (Fsp3) is 0.333. The molecule has 190 valence electrons. The summed E-state index contributed by atoms with van der Waals surface area (Å²) in [6, 6.07) is 12.3. The van der Waals surface area contributed by atoms with Gasteiger partial charge in [0.15, 0.2) is 5.82 Å². The summed E-state index contributed by atoms with van der Waals surface area (Å²) in [5.74, 6) is 0.534. The lowest BCUT2D eigenvalue weighted by molar-refractivity contribution is -0.125. The molecule has 1 aliphatic heterocycles. The van der Waals surface area contributed by atoms with E-state index in [1.54, 1.807) is 23.4 Å². The van der Waals surface area contributed by atoms with Crippen LogP contribution in [0.4, 0.5) is 31.9 Å². The summed E-state index contributed by atoms with van der Waals surface area (Å²) in [5, 5.41) is 0. The van der Waals surface area contributed by atoms with Crippen LogP contribution in [0.25, 0.3) is 0 Å². The number of ether oxygens (including phenoxy) is 1. The number of anilines is 4.